The summed E-state index contributed by atoms with van der Waals surface area (Å²) in [6, 6.07) is 20.8. The quantitative estimate of drug-likeness (QED) is 0.826. The number of benzene rings is 2. The largest absolute Gasteiger partial charge is 0.331 e. The monoisotopic (exact) mass is 306 g/mol. The molecule has 1 atom stereocenters. The van der Waals surface area contributed by atoms with Crippen LogP contribution in [0.2, 0.25) is 0 Å². The summed E-state index contributed by atoms with van der Waals surface area (Å²) in [6.07, 6.45) is 2.31. The minimum atomic E-state index is 0.0625. The number of carbonyl (C=O) groups excluding carboxylic acids is 1. The molecule has 0 fully saturated rings. The Labute approximate surface area is 137 Å². The molecule has 2 aromatic rings. The van der Waals surface area contributed by atoms with Crippen molar-refractivity contribution >= 4 is 11.6 Å². The van der Waals surface area contributed by atoms with Crippen LogP contribution >= 0.6 is 0 Å². The summed E-state index contributed by atoms with van der Waals surface area (Å²) < 4.78 is 0. The lowest BCUT2D eigenvalue weighted by Gasteiger charge is -2.34. The van der Waals surface area contributed by atoms with Gasteiger partial charge in [-0.25, -0.2) is 4.79 Å². The number of amides is 2. The Morgan fingerprint density at radius 2 is 1.61 bits per heavy atom. The molecule has 0 N–H and O–H groups in total. The van der Waals surface area contributed by atoms with E-state index in [1.807, 2.05) is 29.2 Å². The summed E-state index contributed by atoms with van der Waals surface area (Å²) in [5, 5.41) is 0. The van der Waals surface area contributed by atoms with Crippen molar-refractivity contribution in [2.45, 2.75) is 5.92 Å². The fourth-order valence-electron chi connectivity index (χ4n) is 3.03. The Morgan fingerprint density at radius 3 is 2.22 bits per heavy atom. The van der Waals surface area contributed by atoms with E-state index in [1.54, 1.807) is 19.0 Å². The van der Waals surface area contributed by atoms with Crippen LogP contribution in [0.4, 0.5) is 4.79 Å². The van der Waals surface area contributed by atoms with E-state index in [4.69, 9.17) is 0 Å². The smallest absolute Gasteiger partial charge is 0.319 e. The molecule has 0 bridgehead atoms. The molecule has 1 unspecified atom stereocenters. The van der Waals surface area contributed by atoms with Crippen LogP contribution in [0.3, 0.4) is 0 Å². The first-order chi connectivity index (χ1) is 11.1. The van der Waals surface area contributed by atoms with Crippen LogP contribution < -0.4 is 0 Å². The van der Waals surface area contributed by atoms with E-state index in [1.165, 1.54) is 16.7 Å². The molecule has 0 spiro atoms. The minimum Gasteiger partial charge on any atom is -0.331 e. The second-order valence-corrected chi connectivity index (χ2v) is 6.13. The second kappa shape index (κ2) is 6.69. The molecule has 0 aliphatic carbocycles. The number of nitrogens with zero attached hydrogens (tertiary/aromatic N) is 2. The number of hydrogen-bond acceptors (Lipinski definition) is 1. The lowest BCUT2D eigenvalue weighted by molar-refractivity contribution is 0.174. The third-order valence-corrected chi connectivity index (χ3v) is 4.21. The fraction of sp³-hybridized carbons (Fsp3) is 0.250. The molecule has 2 amide bonds. The van der Waals surface area contributed by atoms with Gasteiger partial charge >= 0.3 is 6.03 Å². The predicted octanol–water partition coefficient (Wildman–Crippen LogP) is 3.85. The standard InChI is InChI=1S/C20H22N2O/c1-21(2)20(23)22-14-18(16-9-5-3-6-10-16)13-19(15-22)17-11-7-4-8-12-17/h3-13,18H,14-15H2,1-2H3. The highest BCUT2D eigenvalue weighted by Crippen LogP contribution is 2.30. The molecule has 3 nitrogen and oxygen atoms in total. The van der Waals surface area contributed by atoms with Crippen LogP contribution in [-0.2, 0) is 0 Å². The van der Waals surface area contributed by atoms with Crippen LogP contribution in [0.1, 0.15) is 17.0 Å². The van der Waals surface area contributed by atoms with Crippen molar-refractivity contribution in [1.29, 1.82) is 0 Å². The van der Waals surface area contributed by atoms with Crippen LogP contribution in [0, 0.1) is 0 Å². The highest BCUT2D eigenvalue weighted by molar-refractivity contribution is 5.79. The summed E-state index contributed by atoms with van der Waals surface area (Å²) in [6.45, 7) is 1.38. The number of carbonyl (C=O) groups is 1. The van der Waals surface area contributed by atoms with Crippen molar-refractivity contribution in [3.05, 3.63) is 77.9 Å². The van der Waals surface area contributed by atoms with Gasteiger partial charge in [-0.1, -0.05) is 66.7 Å². The molecule has 2 aromatic carbocycles. The van der Waals surface area contributed by atoms with Crippen LogP contribution in [-0.4, -0.2) is 43.0 Å². The summed E-state index contributed by atoms with van der Waals surface area (Å²) in [5.41, 5.74) is 3.64. The summed E-state index contributed by atoms with van der Waals surface area (Å²) in [4.78, 5) is 16.1. The van der Waals surface area contributed by atoms with Gasteiger partial charge in [-0.05, 0) is 16.7 Å². The van der Waals surface area contributed by atoms with E-state index in [-0.39, 0.29) is 11.9 Å². The molecule has 3 rings (SSSR count). The molecule has 1 aliphatic rings. The molecule has 118 valence electrons. The maximum atomic E-state index is 12.5. The van der Waals surface area contributed by atoms with Gasteiger partial charge in [-0.2, -0.15) is 0 Å². The third-order valence-electron chi connectivity index (χ3n) is 4.21. The lowest BCUT2D eigenvalue weighted by Crippen LogP contribution is -2.43. The van der Waals surface area contributed by atoms with E-state index < -0.39 is 0 Å². The topological polar surface area (TPSA) is 23.6 Å². The second-order valence-electron chi connectivity index (χ2n) is 6.13. The number of urea groups is 1. The highest BCUT2D eigenvalue weighted by Gasteiger charge is 2.26. The molecule has 0 saturated heterocycles. The van der Waals surface area contributed by atoms with Crippen molar-refractivity contribution in [3.8, 4) is 0 Å². The van der Waals surface area contributed by atoms with Crippen molar-refractivity contribution < 1.29 is 4.79 Å². The molecule has 1 aliphatic heterocycles. The first-order valence-corrected chi connectivity index (χ1v) is 7.92. The molecular weight excluding hydrogens is 284 g/mol. The maximum Gasteiger partial charge on any atom is 0.319 e. The maximum absolute atomic E-state index is 12.5. The Hall–Kier alpha value is -2.55. The molecule has 0 radical (unpaired) electrons. The van der Waals surface area contributed by atoms with Gasteiger partial charge in [0.2, 0.25) is 0 Å². The van der Waals surface area contributed by atoms with Gasteiger partial charge in [-0.15, -0.1) is 0 Å². The zero-order valence-corrected chi connectivity index (χ0v) is 13.6. The molecular formula is C20H22N2O. The third kappa shape index (κ3) is 3.45. The zero-order chi connectivity index (χ0) is 16.2. The Kier molecular flexibility index (Phi) is 4.47. The van der Waals surface area contributed by atoms with E-state index in [0.717, 1.165) is 6.54 Å². The summed E-state index contributed by atoms with van der Waals surface area (Å²) >= 11 is 0. The van der Waals surface area contributed by atoms with Crippen molar-refractivity contribution in [2.24, 2.45) is 0 Å². The number of rotatable bonds is 2. The van der Waals surface area contributed by atoms with Crippen LogP contribution in [0.5, 0.6) is 0 Å². The lowest BCUT2D eigenvalue weighted by atomic mass is 9.90. The molecule has 1 heterocycles. The van der Waals surface area contributed by atoms with Crippen molar-refractivity contribution in [2.75, 3.05) is 27.2 Å². The van der Waals surface area contributed by atoms with Gasteiger partial charge in [0, 0.05) is 33.1 Å². The fourth-order valence-corrected chi connectivity index (χ4v) is 3.03. The average Bonchev–Trinajstić information content (AvgIpc) is 2.62. The van der Waals surface area contributed by atoms with E-state index >= 15 is 0 Å². The van der Waals surface area contributed by atoms with E-state index in [0.29, 0.717) is 6.54 Å². The van der Waals surface area contributed by atoms with Crippen molar-refractivity contribution in [1.82, 2.24) is 9.80 Å². The molecule has 0 aromatic heterocycles. The summed E-state index contributed by atoms with van der Waals surface area (Å²) in [7, 11) is 3.61. The Morgan fingerprint density at radius 1 is 1.00 bits per heavy atom. The van der Waals surface area contributed by atoms with Crippen LogP contribution in [0.25, 0.3) is 5.57 Å². The molecule has 3 heteroatoms. The van der Waals surface area contributed by atoms with E-state index in [9.17, 15) is 4.79 Å². The van der Waals surface area contributed by atoms with Crippen LogP contribution in [0.15, 0.2) is 66.7 Å². The van der Waals surface area contributed by atoms with Gasteiger partial charge in [0.25, 0.3) is 0 Å². The molecule has 0 saturated carbocycles. The SMILES string of the molecule is CN(C)C(=O)N1CC(c2ccccc2)=CC(c2ccccc2)C1. The van der Waals surface area contributed by atoms with Gasteiger partial charge in [0.1, 0.15) is 0 Å². The van der Waals surface area contributed by atoms with Gasteiger partial charge in [0.15, 0.2) is 0 Å². The normalized spacial score (nSPS) is 17.6. The minimum absolute atomic E-state index is 0.0625. The first-order valence-electron chi connectivity index (χ1n) is 7.92. The first kappa shape index (κ1) is 15.3. The Balaban J connectivity index is 1.96. The van der Waals surface area contributed by atoms with Gasteiger partial charge in [0.05, 0.1) is 0 Å². The highest BCUT2D eigenvalue weighted by atomic mass is 16.2. The van der Waals surface area contributed by atoms with Gasteiger partial charge < -0.3 is 9.80 Å². The number of hydrogen-bond donors (Lipinski definition) is 0. The Bertz CT molecular complexity index is 692. The zero-order valence-electron chi connectivity index (χ0n) is 13.6. The predicted molar refractivity (Wildman–Crippen MR) is 94.3 cm³/mol. The van der Waals surface area contributed by atoms with Gasteiger partial charge in [-0.3, -0.25) is 0 Å². The van der Waals surface area contributed by atoms with E-state index in [2.05, 4.69) is 42.5 Å². The summed E-state index contributed by atoms with van der Waals surface area (Å²) in [5.74, 6) is 0.226. The average molecular weight is 306 g/mol. The molecule has 23 heavy (non-hydrogen) atoms. The van der Waals surface area contributed by atoms with Crippen molar-refractivity contribution in [3.63, 3.8) is 0 Å².